The Morgan fingerprint density at radius 2 is 1.68 bits per heavy atom. The Morgan fingerprint density at radius 3 is 2.32 bits per heavy atom. The minimum Gasteiger partial charge on any atom is -0.388 e. The van der Waals surface area contributed by atoms with Crippen molar-refractivity contribution in [1.29, 1.82) is 0 Å². The van der Waals surface area contributed by atoms with Gasteiger partial charge in [-0.3, -0.25) is 0 Å². The number of aryl methyl sites for hydroxylation is 3. The molecule has 2 unspecified atom stereocenters. The first-order valence-corrected chi connectivity index (χ1v) is 7.59. The van der Waals surface area contributed by atoms with E-state index in [9.17, 15) is 5.11 Å². The second-order valence-corrected chi connectivity index (χ2v) is 7.08. The number of benzene rings is 1. The van der Waals surface area contributed by atoms with Gasteiger partial charge in [0.2, 0.25) is 0 Å². The first-order valence-electron chi connectivity index (χ1n) is 7.59. The van der Waals surface area contributed by atoms with Crippen LogP contribution >= 0.6 is 0 Å². The molecule has 1 aromatic carbocycles. The smallest absolute Gasteiger partial charge is 0.0825 e. The van der Waals surface area contributed by atoms with Gasteiger partial charge in [0.15, 0.2) is 0 Å². The van der Waals surface area contributed by atoms with Crippen LogP contribution in [0.15, 0.2) is 12.1 Å². The van der Waals surface area contributed by atoms with Crippen LogP contribution in [-0.4, -0.2) is 5.11 Å². The highest BCUT2D eigenvalue weighted by atomic mass is 16.3. The largest absolute Gasteiger partial charge is 0.388 e. The molecule has 0 radical (unpaired) electrons. The van der Waals surface area contributed by atoms with Gasteiger partial charge in [0.05, 0.1) is 6.10 Å². The van der Waals surface area contributed by atoms with Crippen LogP contribution in [0.1, 0.15) is 67.9 Å². The lowest BCUT2D eigenvalue weighted by Gasteiger charge is -2.42. The summed E-state index contributed by atoms with van der Waals surface area (Å²) in [4.78, 5) is 0. The summed E-state index contributed by atoms with van der Waals surface area (Å²) in [5.41, 5.74) is 5.23. The van der Waals surface area contributed by atoms with Gasteiger partial charge in [0, 0.05) is 0 Å². The third-order valence-corrected chi connectivity index (χ3v) is 5.17. The molecule has 0 bridgehead atoms. The number of rotatable bonds is 2. The lowest BCUT2D eigenvalue weighted by Crippen LogP contribution is -2.33. The average Bonchev–Trinajstić information content (AvgIpc) is 2.32. The zero-order valence-corrected chi connectivity index (χ0v) is 13.1. The van der Waals surface area contributed by atoms with E-state index < -0.39 is 0 Å². The van der Waals surface area contributed by atoms with Gasteiger partial charge < -0.3 is 5.11 Å². The van der Waals surface area contributed by atoms with Crippen molar-refractivity contribution in [3.05, 3.63) is 34.4 Å². The number of aliphatic hydroxyl groups excluding tert-OH is 1. The molecule has 1 saturated carbocycles. The molecule has 1 aliphatic carbocycles. The van der Waals surface area contributed by atoms with Crippen molar-refractivity contribution >= 4 is 0 Å². The highest BCUT2D eigenvalue weighted by molar-refractivity contribution is 5.38. The number of hydrogen-bond donors (Lipinski definition) is 1. The van der Waals surface area contributed by atoms with Gasteiger partial charge in [0.1, 0.15) is 0 Å². The molecule has 1 N–H and O–H groups in total. The molecule has 1 nitrogen and oxygen atoms in total. The summed E-state index contributed by atoms with van der Waals surface area (Å²) >= 11 is 0. The summed E-state index contributed by atoms with van der Waals surface area (Å²) in [7, 11) is 0. The molecule has 2 atom stereocenters. The summed E-state index contributed by atoms with van der Waals surface area (Å²) in [5.74, 6) is 0.391. The summed E-state index contributed by atoms with van der Waals surface area (Å²) < 4.78 is 0. The molecule has 1 aromatic rings. The molecule has 19 heavy (non-hydrogen) atoms. The minimum absolute atomic E-state index is 0.253. The Bertz CT molecular complexity index is 459. The predicted octanol–water partition coefficient (Wildman–Crippen LogP) is 4.86. The minimum atomic E-state index is -0.311. The normalized spacial score (nSPS) is 24.2. The van der Waals surface area contributed by atoms with E-state index in [4.69, 9.17) is 0 Å². The first kappa shape index (κ1) is 14.6. The zero-order chi connectivity index (χ0) is 14.2. The molecule has 1 heteroatoms. The second kappa shape index (κ2) is 5.28. The highest BCUT2D eigenvalue weighted by Gasteiger charge is 2.37. The number of hydrogen-bond acceptors (Lipinski definition) is 1. The fourth-order valence-electron chi connectivity index (χ4n) is 3.62. The van der Waals surface area contributed by atoms with Crippen molar-refractivity contribution in [3.8, 4) is 0 Å². The van der Waals surface area contributed by atoms with Gasteiger partial charge in [-0.05, 0) is 67.2 Å². The molecular formula is C18H28O. The van der Waals surface area contributed by atoms with E-state index in [1.54, 1.807) is 0 Å². The zero-order valence-electron chi connectivity index (χ0n) is 13.1. The monoisotopic (exact) mass is 260 g/mol. The molecule has 106 valence electrons. The Morgan fingerprint density at radius 1 is 1.05 bits per heavy atom. The van der Waals surface area contributed by atoms with Crippen molar-refractivity contribution in [3.63, 3.8) is 0 Å². The van der Waals surface area contributed by atoms with E-state index in [1.807, 2.05) is 0 Å². The van der Waals surface area contributed by atoms with Crippen molar-refractivity contribution in [2.45, 2.75) is 66.4 Å². The Balaban J connectivity index is 2.33. The van der Waals surface area contributed by atoms with Gasteiger partial charge in [-0.25, -0.2) is 0 Å². The fraction of sp³-hybridized carbons (Fsp3) is 0.667. The Hall–Kier alpha value is -0.820. The second-order valence-electron chi connectivity index (χ2n) is 7.08. The van der Waals surface area contributed by atoms with Gasteiger partial charge in [0.25, 0.3) is 0 Å². The molecule has 2 rings (SSSR count). The van der Waals surface area contributed by atoms with E-state index in [0.29, 0.717) is 5.92 Å². The molecule has 0 amide bonds. The van der Waals surface area contributed by atoms with Crippen molar-refractivity contribution < 1.29 is 5.11 Å². The summed E-state index contributed by atoms with van der Waals surface area (Å²) in [5, 5.41) is 10.9. The van der Waals surface area contributed by atoms with Crippen LogP contribution in [0.3, 0.4) is 0 Å². The van der Waals surface area contributed by atoms with Gasteiger partial charge in [-0.1, -0.05) is 38.8 Å². The first-order chi connectivity index (χ1) is 8.83. The highest BCUT2D eigenvalue weighted by Crippen LogP contribution is 2.47. The average molecular weight is 260 g/mol. The van der Waals surface area contributed by atoms with Crippen molar-refractivity contribution in [2.75, 3.05) is 0 Å². The third kappa shape index (κ3) is 2.86. The maximum absolute atomic E-state index is 10.9. The molecule has 0 spiro atoms. The van der Waals surface area contributed by atoms with Gasteiger partial charge in [-0.2, -0.15) is 0 Å². The Kier molecular flexibility index (Phi) is 4.06. The fourth-order valence-corrected chi connectivity index (χ4v) is 3.62. The van der Waals surface area contributed by atoms with Gasteiger partial charge >= 0.3 is 0 Å². The summed E-state index contributed by atoms with van der Waals surface area (Å²) in [6.07, 6.45) is 4.64. The van der Waals surface area contributed by atoms with Crippen LogP contribution in [0.25, 0.3) is 0 Å². The molecule has 1 fully saturated rings. The Labute approximate surface area is 118 Å². The maximum Gasteiger partial charge on any atom is 0.0825 e. The predicted molar refractivity (Wildman–Crippen MR) is 81.4 cm³/mol. The molecule has 0 aromatic heterocycles. The molecule has 1 aliphatic rings. The molecule has 0 saturated heterocycles. The van der Waals surface area contributed by atoms with E-state index in [1.165, 1.54) is 36.0 Å². The van der Waals surface area contributed by atoms with Crippen molar-refractivity contribution in [2.24, 2.45) is 11.3 Å². The van der Waals surface area contributed by atoms with Crippen LogP contribution in [0, 0.1) is 32.1 Å². The van der Waals surface area contributed by atoms with E-state index >= 15 is 0 Å². The van der Waals surface area contributed by atoms with E-state index in [2.05, 4.69) is 46.8 Å². The van der Waals surface area contributed by atoms with Gasteiger partial charge in [-0.15, -0.1) is 0 Å². The van der Waals surface area contributed by atoms with Crippen LogP contribution in [-0.2, 0) is 0 Å². The lowest BCUT2D eigenvalue weighted by atomic mass is 9.65. The molecule has 0 aliphatic heterocycles. The van der Waals surface area contributed by atoms with Crippen molar-refractivity contribution in [1.82, 2.24) is 0 Å². The standard InChI is InChI=1S/C18H28O/c1-12-10-14(3)15(11-13(12)2)17(19)16-8-6-7-9-18(16,4)5/h10-11,16-17,19H,6-9H2,1-5H3. The topological polar surface area (TPSA) is 20.2 Å². The van der Waals surface area contributed by atoms with Crippen LogP contribution in [0.2, 0.25) is 0 Å². The van der Waals surface area contributed by atoms with Crippen LogP contribution < -0.4 is 0 Å². The summed E-state index contributed by atoms with van der Waals surface area (Å²) in [6, 6.07) is 4.41. The lowest BCUT2D eigenvalue weighted by molar-refractivity contribution is 0.00350. The summed E-state index contributed by atoms with van der Waals surface area (Å²) in [6.45, 7) is 11.0. The third-order valence-electron chi connectivity index (χ3n) is 5.17. The van der Waals surface area contributed by atoms with Crippen LogP contribution in [0.5, 0.6) is 0 Å². The quantitative estimate of drug-likeness (QED) is 0.805. The van der Waals surface area contributed by atoms with Crippen LogP contribution in [0.4, 0.5) is 0 Å². The molecular weight excluding hydrogens is 232 g/mol. The maximum atomic E-state index is 10.9. The molecule has 0 heterocycles. The van der Waals surface area contributed by atoms with E-state index in [-0.39, 0.29) is 11.5 Å². The SMILES string of the molecule is Cc1cc(C)c(C(O)C2CCCCC2(C)C)cc1C. The number of aliphatic hydroxyl groups is 1. The van der Waals surface area contributed by atoms with E-state index in [0.717, 1.165) is 12.0 Å².